The van der Waals surface area contributed by atoms with Crippen molar-refractivity contribution in [1.82, 2.24) is 5.32 Å². The van der Waals surface area contributed by atoms with E-state index in [2.05, 4.69) is 18.5 Å². The van der Waals surface area contributed by atoms with Crippen molar-refractivity contribution in [1.29, 1.82) is 0 Å². The minimum Gasteiger partial charge on any atom is -0.500 e. The van der Waals surface area contributed by atoms with Crippen LogP contribution in [-0.4, -0.2) is 31.5 Å². The molecule has 0 aliphatic carbocycles. The van der Waals surface area contributed by atoms with Crippen molar-refractivity contribution in [3.05, 3.63) is 54.8 Å². The molecule has 0 spiro atoms. The van der Waals surface area contributed by atoms with Gasteiger partial charge in [0.2, 0.25) is 0 Å². The van der Waals surface area contributed by atoms with Crippen molar-refractivity contribution in [2.24, 2.45) is 0 Å². The van der Waals surface area contributed by atoms with E-state index >= 15 is 0 Å². The summed E-state index contributed by atoms with van der Waals surface area (Å²) in [4.78, 5) is 12.0. The molecule has 1 unspecified atom stereocenters. The number of carbonyl (C=O) groups is 1. The summed E-state index contributed by atoms with van der Waals surface area (Å²) in [5.74, 6) is 1.23. The third-order valence-electron chi connectivity index (χ3n) is 3.07. The first-order valence-electron chi connectivity index (χ1n) is 7.80. The molecule has 0 heterocycles. The minimum absolute atomic E-state index is 0.384. The van der Waals surface area contributed by atoms with Gasteiger partial charge in [-0.25, -0.2) is 4.79 Å². The zero-order valence-corrected chi connectivity index (χ0v) is 14.9. The molecule has 0 saturated carbocycles. The van der Waals surface area contributed by atoms with Crippen LogP contribution in [0.3, 0.4) is 0 Å². The summed E-state index contributed by atoms with van der Waals surface area (Å²) in [5.41, 5.74) is 0.452. The van der Waals surface area contributed by atoms with E-state index in [1.54, 1.807) is 6.08 Å². The van der Waals surface area contributed by atoms with Crippen molar-refractivity contribution in [2.75, 3.05) is 13.7 Å². The van der Waals surface area contributed by atoms with Crippen LogP contribution in [0.1, 0.15) is 26.3 Å². The average molecular weight is 333 g/mol. The Bertz CT molecular complexity index is 558. The van der Waals surface area contributed by atoms with Crippen LogP contribution in [0.15, 0.2) is 49.3 Å². The molecule has 0 saturated heterocycles. The normalized spacial score (nSPS) is 12.0. The summed E-state index contributed by atoms with van der Waals surface area (Å²) in [7, 11) is 1.53. The molecule has 132 valence electrons. The van der Waals surface area contributed by atoms with Crippen LogP contribution in [0.5, 0.6) is 5.75 Å². The van der Waals surface area contributed by atoms with E-state index < -0.39 is 11.7 Å². The van der Waals surface area contributed by atoms with Gasteiger partial charge < -0.3 is 19.5 Å². The second-order valence-electron chi connectivity index (χ2n) is 6.32. The van der Waals surface area contributed by atoms with Crippen molar-refractivity contribution in [3.63, 3.8) is 0 Å². The molecule has 1 aromatic rings. The Kier molecular flexibility index (Phi) is 7.36. The number of alkyl carbamates (subject to hydrolysis) is 1. The monoisotopic (exact) mass is 333 g/mol. The molecule has 0 fully saturated rings. The third kappa shape index (κ3) is 7.22. The van der Waals surface area contributed by atoms with Gasteiger partial charge in [0.25, 0.3) is 0 Å². The van der Waals surface area contributed by atoms with Gasteiger partial charge in [0, 0.05) is 0 Å². The second kappa shape index (κ2) is 9.01. The highest BCUT2D eigenvalue weighted by Gasteiger charge is 2.22. The molecule has 0 aliphatic heterocycles. The van der Waals surface area contributed by atoms with Gasteiger partial charge in [-0.1, -0.05) is 31.4 Å². The first-order chi connectivity index (χ1) is 11.2. The van der Waals surface area contributed by atoms with Gasteiger partial charge in [0.05, 0.1) is 13.2 Å². The van der Waals surface area contributed by atoms with Crippen molar-refractivity contribution in [2.45, 2.75) is 38.8 Å². The lowest BCUT2D eigenvalue weighted by Gasteiger charge is -2.24. The van der Waals surface area contributed by atoms with E-state index in [9.17, 15) is 4.79 Å². The number of rotatable bonds is 8. The molecule has 0 bridgehead atoms. The fraction of sp³-hybridized carbons (Fsp3) is 0.421. The Hall–Kier alpha value is -2.43. The van der Waals surface area contributed by atoms with Gasteiger partial charge in [-0.3, -0.25) is 0 Å². The maximum absolute atomic E-state index is 12.0. The number of carbonyl (C=O) groups excluding carboxylic acids is 1. The van der Waals surface area contributed by atoms with E-state index in [1.807, 2.05) is 45.0 Å². The zero-order chi connectivity index (χ0) is 18.2. The molecular weight excluding hydrogens is 306 g/mol. The molecule has 24 heavy (non-hydrogen) atoms. The summed E-state index contributed by atoms with van der Waals surface area (Å²) in [5, 5.41) is 2.79. The smallest absolute Gasteiger partial charge is 0.408 e. The SMILES string of the molecule is C=CCOc1ccc(CC(NC(=O)OC(C)(C)C)C(=C)OC)cc1. The van der Waals surface area contributed by atoms with Gasteiger partial charge >= 0.3 is 6.09 Å². The summed E-state index contributed by atoms with van der Waals surface area (Å²) in [6.45, 7) is 13.4. The Morgan fingerprint density at radius 2 is 1.92 bits per heavy atom. The largest absolute Gasteiger partial charge is 0.500 e. The van der Waals surface area contributed by atoms with Crippen molar-refractivity contribution >= 4 is 6.09 Å². The van der Waals surface area contributed by atoms with Crippen LogP contribution in [0.2, 0.25) is 0 Å². The highest BCUT2D eigenvalue weighted by atomic mass is 16.6. The molecule has 1 aromatic carbocycles. The molecule has 0 radical (unpaired) electrons. The lowest BCUT2D eigenvalue weighted by atomic mass is 10.0. The fourth-order valence-corrected chi connectivity index (χ4v) is 1.95. The molecule has 0 aliphatic rings. The molecule has 1 rings (SSSR count). The van der Waals surface area contributed by atoms with Crippen LogP contribution >= 0.6 is 0 Å². The van der Waals surface area contributed by atoms with Gasteiger partial charge in [-0.05, 0) is 44.9 Å². The predicted molar refractivity (Wildman–Crippen MR) is 95.1 cm³/mol. The summed E-state index contributed by atoms with van der Waals surface area (Å²) in [6, 6.07) is 7.23. The van der Waals surface area contributed by atoms with Crippen molar-refractivity contribution in [3.8, 4) is 5.75 Å². The number of ether oxygens (including phenoxy) is 3. The van der Waals surface area contributed by atoms with Crippen LogP contribution < -0.4 is 10.1 Å². The molecule has 5 heteroatoms. The fourth-order valence-electron chi connectivity index (χ4n) is 1.95. The van der Waals surface area contributed by atoms with Gasteiger partial charge in [0.1, 0.15) is 23.7 Å². The Morgan fingerprint density at radius 1 is 1.29 bits per heavy atom. The molecule has 0 aromatic heterocycles. The topological polar surface area (TPSA) is 56.8 Å². The van der Waals surface area contributed by atoms with E-state index in [4.69, 9.17) is 14.2 Å². The Balaban J connectivity index is 2.73. The van der Waals surface area contributed by atoms with Gasteiger partial charge in [0.15, 0.2) is 0 Å². The van der Waals surface area contributed by atoms with E-state index in [0.29, 0.717) is 18.8 Å². The first kappa shape index (κ1) is 19.6. The zero-order valence-electron chi connectivity index (χ0n) is 14.9. The lowest BCUT2D eigenvalue weighted by molar-refractivity contribution is 0.0497. The van der Waals surface area contributed by atoms with E-state index in [-0.39, 0.29) is 6.04 Å². The average Bonchev–Trinajstić information content (AvgIpc) is 2.51. The number of hydrogen-bond donors (Lipinski definition) is 1. The van der Waals surface area contributed by atoms with Crippen LogP contribution in [-0.2, 0) is 15.9 Å². The van der Waals surface area contributed by atoms with Crippen molar-refractivity contribution < 1.29 is 19.0 Å². The van der Waals surface area contributed by atoms with Gasteiger partial charge in [-0.2, -0.15) is 0 Å². The standard InChI is InChI=1S/C19H27NO4/c1-7-12-23-16-10-8-15(9-11-16)13-17(14(2)22-6)20-18(21)24-19(3,4)5/h7-11,17H,1-2,12-13H2,3-6H3,(H,20,21). The van der Waals surface area contributed by atoms with Gasteiger partial charge in [-0.15, -0.1) is 0 Å². The number of methoxy groups -OCH3 is 1. The molecular formula is C19H27NO4. The maximum Gasteiger partial charge on any atom is 0.408 e. The number of amides is 1. The van der Waals surface area contributed by atoms with Crippen LogP contribution in [0, 0.1) is 0 Å². The predicted octanol–water partition coefficient (Wildman–Crippen LogP) is 3.85. The summed E-state index contributed by atoms with van der Waals surface area (Å²) >= 11 is 0. The molecule has 1 amide bonds. The lowest BCUT2D eigenvalue weighted by Crippen LogP contribution is -2.41. The van der Waals surface area contributed by atoms with E-state index in [1.165, 1.54) is 7.11 Å². The van der Waals surface area contributed by atoms with Crippen LogP contribution in [0.25, 0.3) is 0 Å². The quantitative estimate of drug-likeness (QED) is 0.580. The third-order valence-corrected chi connectivity index (χ3v) is 3.07. The number of benzene rings is 1. The number of nitrogens with one attached hydrogen (secondary N) is 1. The van der Waals surface area contributed by atoms with Crippen LogP contribution in [0.4, 0.5) is 4.79 Å². The number of hydrogen-bond acceptors (Lipinski definition) is 4. The second-order valence-corrected chi connectivity index (χ2v) is 6.32. The molecule has 5 nitrogen and oxygen atoms in total. The molecule has 1 atom stereocenters. The highest BCUT2D eigenvalue weighted by molar-refractivity contribution is 5.68. The Labute approximate surface area is 144 Å². The first-order valence-corrected chi connectivity index (χ1v) is 7.80. The maximum atomic E-state index is 12.0. The minimum atomic E-state index is -0.562. The highest BCUT2D eigenvalue weighted by Crippen LogP contribution is 2.16. The molecule has 1 N–H and O–H groups in total. The van der Waals surface area contributed by atoms with E-state index in [0.717, 1.165) is 11.3 Å². The Morgan fingerprint density at radius 3 is 2.42 bits per heavy atom. The summed E-state index contributed by atoms with van der Waals surface area (Å²) < 4.78 is 15.9. The summed E-state index contributed by atoms with van der Waals surface area (Å²) in [6.07, 6.45) is 1.72.